The van der Waals surface area contributed by atoms with Gasteiger partial charge in [0.05, 0.1) is 5.02 Å². The molecule has 1 aromatic carbocycles. The van der Waals surface area contributed by atoms with E-state index in [4.69, 9.17) is 16.3 Å². The van der Waals surface area contributed by atoms with Crippen molar-refractivity contribution in [2.24, 2.45) is 5.92 Å². The third-order valence-electron chi connectivity index (χ3n) is 4.90. The van der Waals surface area contributed by atoms with E-state index in [2.05, 4.69) is 16.8 Å². The Hall–Kier alpha value is -0.770. The van der Waals surface area contributed by atoms with Crippen molar-refractivity contribution in [2.75, 3.05) is 39.8 Å². The Morgan fingerprint density at radius 1 is 1.14 bits per heavy atom. The number of rotatable bonds is 4. The Labute approximate surface area is 139 Å². The van der Waals surface area contributed by atoms with Crippen LogP contribution in [0.15, 0.2) is 24.3 Å². The molecule has 0 N–H and O–H groups in total. The van der Waals surface area contributed by atoms with Crippen LogP contribution in [0, 0.1) is 5.92 Å². The first-order valence-electron chi connectivity index (χ1n) is 8.53. The van der Waals surface area contributed by atoms with Crippen molar-refractivity contribution in [2.45, 2.75) is 31.8 Å². The standard InChI is InChI=1S/C18H27ClN2O/c1-20-10-4-5-15(13-20)14-21-11-8-16(9-12-21)22-18-7-3-2-6-17(18)19/h2-3,6-7,15-16H,4-5,8-14H2,1H3. The molecule has 3 nitrogen and oxygen atoms in total. The van der Waals surface area contributed by atoms with Crippen molar-refractivity contribution < 1.29 is 4.74 Å². The van der Waals surface area contributed by atoms with Crippen LogP contribution in [-0.2, 0) is 0 Å². The topological polar surface area (TPSA) is 15.7 Å². The quantitative estimate of drug-likeness (QED) is 0.843. The molecule has 0 saturated carbocycles. The summed E-state index contributed by atoms with van der Waals surface area (Å²) >= 11 is 6.17. The molecule has 2 aliphatic rings. The summed E-state index contributed by atoms with van der Waals surface area (Å²) in [6.07, 6.45) is 5.26. The summed E-state index contributed by atoms with van der Waals surface area (Å²) < 4.78 is 6.07. The molecule has 2 aliphatic heterocycles. The predicted molar refractivity (Wildman–Crippen MR) is 91.8 cm³/mol. The molecule has 0 amide bonds. The van der Waals surface area contributed by atoms with Gasteiger partial charge in [-0.25, -0.2) is 0 Å². The monoisotopic (exact) mass is 322 g/mol. The molecule has 4 heteroatoms. The number of para-hydroxylation sites is 1. The number of likely N-dealkylation sites (tertiary alicyclic amines) is 2. The van der Waals surface area contributed by atoms with Gasteiger partial charge < -0.3 is 14.5 Å². The van der Waals surface area contributed by atoms with Crippen LogP contribution in [0.5, 0.6) is 5.75 Å². The normalized spacial score (nSPS) is 25.3. The highest BCUT2D eigenvalue weighted by Crippen LogP contribution is 2.27. The zero-order valence-corrected chi connectivity index (χ0v) is 14.3. The molecule has 0 aliphatic carbocycles. The zero-order chi connectivity index (χ0) is 15.4. The first kappa shape index (κ1) is 16.1. The van der Waals surface area contributed by atoms with Gasteiger partial charge in [-0.3, -0.25) is 0 Å². The molecule has 0 bridgehead atoms. The van der Waals surface area contributed by atoms with Crippen molar-refractivity contribution in [1.82, 2.24) is 9.80 Å². The molecule has 3 rings (SSSR count). The summed E-state index contributed by atoms with van der Waals surface area (Å²) in [5.41, 5.74) is 0. The lowest BCUT2D eigenvalue weighted by atomic mass is 9.96. The number of halogens is 1. The molecule has 0 spiro atoms. The second-order valence-electron chi connectivity index (χ2n) is 6.82. The Bertz CT molecular complexity index is 474. The van der Waals surface area contributed by atoms with Crippen LogP contribution in [0.1, 0.15) is 25.7 Å². The average molecular weight is 323 g/mol. The molecule has 0 radical (unpaired) electrons. The van der Waals surface area contributed by atoms with Crippen molar-refractivity contribution in [3.8, 4) is 5.75 Å². The number of piperidine rings is 2. The molecule has 2 fully saturated rings. The van der Waals surface area contributed by atoms with Crippen LogP contribution in [-0.4, -0.2) is 55.7 Å². The summed E-state index contributed by atoms with van der Waals surface area (Å²) in [7, 11) is 2.25. The molecule has 2 heterocycles. The van der Waals surface area contributed by atoms with Gasteiger partial charge in [0.1, 0.15) is 11.9 Å². The van der Waals surface area contributed by atoms with Crippen LogP contribution < -0.4 is 4.74 Å². The largest absolute Gasteiger partial charge is 0.489 e. The maximum atomic E-state index is 6.17. The number of benzene rings is 1. The fourth-order valence-electron chi connectivity index (χ4n) is 3.72. The Morgan fingerprint density at radius 3 is 2.64 bits per heavy atom. The minimum atomic E-state index is 0.310. The number of ether oxygens (including phenoxy) is 1. The minimum Gasteiger partial charge on any atom is -0.489 e. The van der Waals surface area contributed by atoms with E-state index in [1.165, 1.54) is 32.5 Å². The van der Waals surface area contributed by atoms with Gasteiger partial charge in [0.2, 0.25) is 0 Å². The second-order valence-corrected chi connectivity index (χ2v) is 7.23. The van der Waals surface area contributed by atoms with Gasteiger partial charge in [-0.15, -0.1) is 0 Å². The van der Waals surface area contributed by atoms with Crippen LogP contribution in [0.3, 0.4) is 0 Å². The predicted octanol–water partition coefficient (Wildman–Crippen LogP) is 3.53. The molecule has 0 aromatic heterocycles. The highest BCUT2D eigenvalue weighted by molar-refractivity contribution is 6.32. The van der Waals surface area contributed by atoms with E-state index in [-0.39, 0.29) is 0 Å². The molecule has 2 saturated heterocycles. The molecule has 22 heavy (non-hydrogen) atoms. The molecular formula is C18H27ClN2O. The van der Waals surface area contributed by atoms with Crippen LogP contribution in [0.4, 0.5) is 0 Å². The van der Waals surface area contributed by atoms with Crippen molar-refractivity contribution in [3.05, 3.63) is 29.3 Å². The van der Waals surface area contributed by atoms with E-state index < -0.39 is 0 Å². The molecule has 1 aromatic rings. The van der Waals surface area contributed by atoms with Gasteiger partial charge >= 0.3 is 0 Å². The van der Waals surface area contributed by atoms with Crippen LogP contribution in [0.2, 0.25) is 5.02 Å². The van der Waals surface area contributed by atoms with E-state index in [1.807, 2.05) is 24.3 Å². The smallest absolute Gasteiger partial charge is 0.138 e. The van der Waals surface area contributed by atoms with Gasteiger partial charge in [-0.1, -0.05) is 23.7 Å². The van der Waals surface area contributed by atoms with Gasteiger partial charge in [-0.05, 0) is 57.3 Å². The average Bonchev–Trinajstić information content (AvgIpc) is 2.52. The lowest BCUT2D eigenvalue weighted by Gasteiger charge is -2.37. The van der Waals surface area contributed by atoms with Crippen LogP contribution in [0.25, 0.3) is 0 Å². The number of nitrogens with zero attached hydrogens (tertiary/aromatic N) is 2. The maximum absolute atomic E-state index is 6.17. The number of hydrogen-bond donors (Lipinski definition) is 0. The Kier molecular flexibility index (Phi) is 5.61. The third kappa shape index (κ3) is 4.37. The van der Waals surface area contributed by atoms with Crippen molar-refractivity contribution in [1.29, 1.82) is 0 Å². The van der Waals surface area contributed by atoms with Crippen LogP contribution >= 0.6 is 11.6 Å². The van der Waals surface area contributed by atoms with Gasteiger partial charge in [0.15, 0.2) is 0 Å². The third-order valence-corrected chi connectivity index (χ3v) is 5.22. The van der Waals surface area contributed by atoms with Gasteiger partial charge in [0.25, 0.3) is 0 Å². The fourth-order valence-corrected chi connectivity index (χ4v) is 3.90. The molecule has 122 valence electrons. The summed E-state index contributed by atoms with van der Waals surface area (Å²) in [6.45, 7) is 6.08. The van der Waals surface area contributed by atoms with Gasteiger partial charge in [-0.2, -0.15) is 0 Å². The Morgan fingerprint density at radius 2 is 1.91 bits per heavy atom. The van der Waals surface area contributed by atoms with Crippen molar-refractivity contribution in [3.63, 3.8) is 0 Å². The molecule has 1 atom stereocenters. The first-order chi connectivity index (χ1) is 10.7. The lowest BCUT2D eigenvalue weighted by molar-refractivity contribution is 0.0787. The molecule has 1 unspecified atom stereocenters. The van der Waals surface area contributed by atoms with Gasteiger partial charge in [0, 0.05) is 26.2 Å². The fraction of sp³-hybridized carbons (Fsp3) is 0.667. The zero-order valence-electron chi connectivity index (χ0n) is 13.5. The highest BCUT2D eigenvalue weighted by atomic mass is 35.5. The first-order valence-corrected chi connectivity index (χ1v) is 8.90. The minimum absolute atomic E-state index is 0.310. The summed E-state index contributed by atoms with van der Waals surface area (Å²) in [6, 6.07) is 7.78. The molecular weight excluding hydrogens is 296 g/mol. The highest BCUT2D eigenvalue weighted by Gasteiger charge is 2.25. The van der Waals surface area contributed by atoms with E-state index >= 15 is 0 Å². The Balaban J connectivity index is 1.43. The number of hydrogen-bond acceptors (Lipinski definition) is 3. The summed E-state index contributed by atoms with van der Waals surface area (Å²) in [5.74, 6) is 1.68. The van der Waals surface area contributed by atoms with E-state index in [9.17, 15) is 0 Å². The van der Waals surface area contributed by atoms with E-state index in [0.717, 1.165) is 42.6 Å². The van der Waals surface area contributed by atoms with E-state index in [0.29, 0.717) is 6.10 Å². The summed E-state index contributed by atoms with van der Waals surface area (Å²) in [4.78, 5) is 5.09. The summed E-state index contributed by atoms with van der Waals surface area (Å²) in [5, 5.41) is 0.718. The van der Waals surface area contributed by atoms with E-state index in [1.54, 1.807) is 0 Å². The lowest BCUT2D eigenvalue weighted by Crippen LogP contribution is -2.44. The maximum Gasteiger partial charge on any atom is 0.138 e. The van der Waals surface area contributed by atoms with Crippen molar-refractivity contribution >= 4 is 11.6 Å². The SMILES string of the molecule is CN1CCCC(CN2CCC(Oc3ccccc3Cl)CC2)C1. The second kappa shape index (κ2) is 7.67.